The molecular formula is C24H29N3O3S. The Morgan fingerprint density at radius 1 is 1.13 bits per heavy atom. The zero-order chi connectivity index (χ0) is 22.4. The highest BCUT2D eigenvalue weighted by molar-refractivity contribution is 8.15. The minimum absolute atomic E-state index is 0.0754. The van der Waals surface area contributed by atoms with Crippen LogP contribution in [0.2, 0.25) is 0 Å². The van der Waals surface area contributed by atoms with Gasteiger partial charge in [0.1, 0.15) is 11.0 Å². The van der Waals surface area contributed by atoms with Crippen molar-refractivity contribution in [3.63, 3.8) is 0 Å². The summed E-state index contributed by atoms with van der Waals surface area (Å²) in [4.78, 5) is 31.7. The molecule has 0 radical (unpaired) electrons. The minimum Gasteiger partial charge on any atom is -0.494 e. The van der Waals surface area contributed by atoms with Gasteiger partial charge in [0, 0.05) is 18.7 Å². The maximum Gasteiger partial charge on any atom is 0.242 e. The largest absolute Gasteiger partial charge is 0.494 e. The molecule has 1 saturated heterocycles. The van der Waals surface area contributed by atoms with Crippen LogP contribution in [0.3, 0.4) is 0 Å². The van der Waals surface area contributed by atoms with Gasteiger partial charge in [-0.15, -0.1) is 0 Å². The number of ether oxygens (including phenoxy) is 1. The van der Waals surface area contributed by atoms with Crippen LogP contribution in [0.4, 0.5) is 11.4 Å². The van der Waals surface area contributed by atoms with Gasteiger partial charge in [-0.2, -0.15) is 0 Å². The van der Waals surface area contributed by atoms with Gasteiger partial charge in [-0.25, -0.2) is 4.99 Å². The lowest BCUT2D eigenvalue weighted by Gasteiger charge is -2.13. The Balaban J connectivity index is 1.64. The Hall–Kier alpha value is -2.80. The van der Waals surface area contributed by atoms with Crippen LogP contribution < -0.4 is 10.1 Å². The molecule has 0 spiro atoms. The molecule has 1 atom stereocenters. The van der Waals surface area contributed by atoms with Crippen molar-refractivity contribution >= 4 is 40.1 Å². The standard InChI is InChI=1S/C24H29N3O3S/c1-5-13-30-20-11-9-18(10-12-20)25-22(28)15-21-23(29)27(6-2)24(31-21)26-19-8-7-16(3)17(4)14-19/h7-12,14,21H,5-6,13,15H2,1-4H3,(H,25,28). The molecular weight excluding hydrogens is 410 g/mol. The lowest BCUT2D eigenvalue weighted by Crippen LogP contribution is -2.33. The zero-order valence-corrected chi connectivity index (χ0v) is 19.3. The number of amidine groups is 1. The lowest BCUT2D eigenvalue weighted by molar-refractivity contribution is -0.128. The van der Waals surface area contributed by atoms with Gasteiger partial charge in [-0.05, 0) is 74.7 Å². The summed E-state index contributed by atoms with van der Waals surface area (Å²) >= 11 is 1.35. The maximum atomic E-state index is 12.8. The predicted molar refractivity (Wildman–Crippen MR) is 127 cm³/mol. The van der Waals surface area contributed by atoms with E-state index in [0.717, 1.165) is 23.4 Å². The highest BCUT2D eigenvalue weighted by atomic mass is 32.2. The van der Waals surface area contributed by atoms with E-state index in [1.807, 2.05) is 44.2 Å². The Bertz CT molecular complexity index is 973. The topological polar surface area (TPSA) is 71.0 Å². The quantitative estimate of drug-likeness (QED) is 0.623. The molecule has 1 N–H and O–H groups in total. The number of hydrogen-bond donors (Lipinski definition) is 1. The number of carbonyl (C=O) groups is 2. The molecule has 1 heterocycles. The van der Waals surface area contributed by atoms with Crippen molar-refractivity contribution in [1.29, 1.82) is 0 Å². The van der Waals surface area contributed by atoms with Crippen molar-refractivity contribution < 1.29 is 14.3 Å². The molecule has 31 heavy (non-hydrogen) atoms. The second kappa shape index (κ2) is 10.5. The minimum atomic E-state index is -0.475. The van der Waals surface area contributed by atoms with Crippen molar-refractivity contribution in [1.82, 2.24) is 4.90 Å². The van der Waals surface area contributed by atoms with Crippen molar-refractivity contribution in [2.24, 2.45) is 4.99 Å². The molecule has 1 fully saturated rings. The third kappa shape index (κ3) is 5.88. The van der Waals surface area contributed by atoms with Gasteiger partial charge >= 0.3 is 0 Å². The fraction of sp³-hybridized carbons (Fsp3) is 0.375. The van der Waals surface area contributed by atoms with E-state index >= 15 is 0 Å². The Labute approximate surface area is 188 Å². The van der Waals surface area contributed by atoms with Gasteiger partial charge in [-0.3, -0.25) is 14.5 Å². The van der Waals surface area contributed by atoms with Crippen molar-refractivity contribution in [3.05, 3.63) is 53.6 Å². The predicted octanol–water partition coefficient (Wildman–Crippen LogP) is 5.07. The number of aryl methyl sites for hydroxylation is 2. The molecule has 0 aliphatic carbocycles. The van der Waals surface area contributed by atoms with Gasteiger partial charge < -0.3 is 10.1 Å². The van der Waals surface area contributed by atoms with E-state index in [1.165, 1.54) is 17.3 Å². The fourth-order valence-electron chi connectivity index (χ4n) is 3.16. The first-order valence-electron chi connectivity index (χ1n) is 10.6. The molecule has 6 nitrogen and oxygen atoms in total. The summed E-state index contributed by atoms with van der Waals surface area (Å²) in [5.74, 6) is 0.497. The average molecular weight is 440 g/mol. The smallest absolute Gasteiger partial charge is 0.242 e. The van der Waals surface area contributed by atoms with E-state index < -0.39 is 5.25 Å². The van der Waals surface area contributed by atoms with E-state index in [9.17, 15) is 9.59 Å². The second-order valence-electron chi connectivity index (χ2n) is 7.48. The summed E-state index contributed by atoms with van der Waals surface area (Å²) in [5.41, 5.74) is 3.85. The first-order chi connectivity index (χ1) is 14.9. The van der Waals surface area contributed by atoms with Crippen molar-refractivity contribution in [2.45, 2.75) is 45.8 Å². The number of hydrogen-bond acceptors (Lipinski definition) is 5. The third-order valence-electron chi connectivity index (χ3n) is 5.03. The van der Waals surface area contributed by atoms with Crippen molar-refractivity contribution in [3.8, 4) is 5.75 Å². The molecule has 1 aliphatic heterocycles. The molecule has 0 aromatic heterocycles. The van der Waals surface area contributed by atoms with Crippen LogP contribution in [0.15, 0.2) is 47.5 Å². The summed E-state index contributed by atoms with van der Waals surface area (Å²) in [6, 6.07) is 13.2. The van der Waals surface area contributed by atoms with E-state index in [1.54, 1.807) is 17.0 Å². The second-order valence-corrected chi connectivity index (χ2v) is 8.65. The fourth-order valence-corrected chi connectivity index (χ4v) is 4.38. The van der Waals surface area contributed by atoms with Gasteiger partial charge in [0.2, 0.25) is 11.8 Å². The summed E-state index contributed by atoms with van der Waals surface area (Å²) in [5, 5.41) is 3.04. The number of anilines is 1. The van der Waals surface area contributed by atoms with Crippen LogP contribution in [0.5, 0.6) is 5.75 Å². The molecule has 3 rings (SSSR count). The molecule has 2 amide bonds. The Kier molecular flexibility index (Phi) is 7.74. The highest BCUT2D eigenvalue weighted by Crippen LogP contribution is 2.32. The van der Waals surface area contributed by atoms with Gasteiger partial charge in [0.05, 0.1) is 12.3 Å². The Morgan fingerprint density at radius 3 is 2.52 bits per heavy atom. The number of nitrogens with zero attached hydrogens (tertiary/aromatic N) is 2. The van der Waals surface area contributed by atoms with Crippen LogP contribution in [-0.4, -0.2) is 40.3 Å². The van der Waals surface area contributed by atoms with Crippen LogP contribution in [-0.2, 0) is 9.59 Å². The molecule has 7 heteroatoms. The van der Waals surface area contributed by atoms with Crippen LogP contribution in [0.25, 0.3) is 0 Å². The average Bonchev–Trinajstić information content (AvgIpc) is 3.04. The molecule has 2 aromatic carbocycles. The normalized spacial score (nSPS) is 17.3. The highest BCUT2D eigenvalue weighted by Gasteiger charge is 2.38. The molecule has 1 unspecified atom stereocenters. The first kappa shape index (κ1) is 22.9. The third-order valence-corrected chi connectivity index (χ3v) is 6.21. The summed E-state index contributed by atoms with van der Waals surface area (Å²) < 4.78 is 5.56. The molecule has 1 aliphatic rings. The van der Waals surface area contributed by atoms with Crippen molar-refractivity contribution in [2.75, 3.05) is 18.5 Å². The van der Waals surface area contributed by atoms with Crippen LogP contribution in [0.1, 0.15) is 37.8 Å². The maximum absolute atomic E-state index is 12.8. The molecule has 164 valence electrons. The number of thioether (sulfide) groups is 1. The zero-order valence-electron chi connectivity index (χ0n) is 18.5. The summed E-state index contributed by atoms with van der Waals surface area (Å²) in [6.45, 7) is 9.24. The Morgan fingerprint density at radius 2 is 1.87 bits per heavy atom. The van der Waals surface area contributed by atoms with Crippen LogP contribution >= 0.6 is 11.8 Å². The molecule has 2 aromatic rings. The number of amides is 2. The van der Waals surface area contributed by atoms with E-state index in [4.69, 9.17) is 4.74 Å². The monoisotopic (exact) mass is 439 g/mol. The molecule has 0 saturated carbocycles. The SMILES string of the molecule is CCCOc1ccc(NC(=O)CC2SC(=Nc3ccc(C)c(C)c3)N(CC)C2=O)cc1. The van der Waals surface area contributed by atoms with E-state index in [-0.39, 0.29) is 18.2 Å². The molecule has 0 bridgehead atoms. The van der Waals surface area contributed by atoms with E-state index in [2.05, 4.69) is 24.2 Å². The number of rotatable bonds is 8. The number of nitrogens with one attached hydrogen (secondary N) is 1. The van der Waals surface area contributed by atoms with Gasteiger partial charge in [0.25, 0.3) is 0 Å². The van der Waals surface area contributed by atoms with Crippen LogP contribution in [0, 0.1) is 13.8 Å². The number of carbonyl (C=O) groups excluding carboxylic acids is 2. The van der Waals surface area contributed by atoms with Gasteiger partial charge in [-0.1, -0.05) is 24.8 Å². The number of benzene rings is 2. The summed E-state index contributed by atoms with van der Waals surface area (Å²) in [6.07, 6.45) is 1.04. The first-order valence-corrected chi connectivity index (χ1v) is 11.5. The van der Waals surface area contributed by atoms with E-state index in [0.29, 0.717) is 24.0 Å². The van der Waals surface area contributed by atoms with Gasteiger partial charge in [0.15, 0.2) is 5.17 Å². The lowest BCUT2D eigenvalue weighted by atomic mass is 10.1. The number of aliphatic imine (C=N–C) groups is 1. The summed E-state index contributed by atoms with van der Waals surface area (Å²) in [7, 11) is 0.